The van der Waals surface area contributed by atoms with E-state index in [2.05, 4.69) is 0 Å². The van der Waals surface area contributed by atoms with Gasteiger partial charge in [-0.15, -0.1) is 0 Å². The van der Waals surface area contributed by atoms with E-state index in [9.17, 15) is 4.79 Å². The van der Waals surface area contributed by atoms with Crippen LogP contribution in [0, 0.1) is 11.3 Å². The number of nitriles is 1. The van der Waals surface area contributed by atoms with Crippen LogP contribution in [0.4, 0.5) is 4.79 Å². The SMILES string of the molecule is CCOC(=O)[n+]1cccc(C#N)c1. The van der Waals surface area contributed by atoms with E-state index >= 15 is 0 Å². The molecular formula is C9H9N2O2+. The van der Waals surface area contributed by atoms with Gasteiger partial charge in [0, 0.05) is 6.07 Å². The predicted octanol–water partition coefficient (Wildman–Crippen LogP) is 0.850. The standard InChI is InChI=1S/C9H9N2O2/c1-2-13-9(12)11-5-3-4-8(6-10)7-11/h3-5,7H,2H2,1H3/q+1. The predicted molar refractivity (Wildman–Crippen MR) is 43.8 cm³/mol. The normalized spacial score (nSPS) is 8.92. The maximum Gasteiger partial charge on any atom is 0.601 e. The van der Waals surface area contributed by atoms with E-state index in [1.165, 1.54) is 10.8 Å². The van der Waals surface area contributed by atoms with E-state index in [4.69, 9.17) is 10.00 Å². The zero-order chi connectivity index (χ0) is 9.68. The fraction of sp³-hybridized carbons (Fsp3) is 0.222. The van der Waals surface area contributed by atoms with Crippen LogP contribution in [0.5, 0.6) is 0 Å². The highest BCUT2D eigenvalue weighted by Gasteiger charge is 2.14. The van der Waals surface area contributed by atoms with Crippen molar-refractivity contribution in [3.8, 4) is 6.07 Å². The largest absolute Gasteiger partial charge is 0.601 e. The summed E-state index contributed by atoms with van der Waals surface area (Å²) in [6.07, 6.45) is 2.50. The Labute approximate surface area is 76.0 Å². The van der Waals surface area contributed by atoms with Crippen molar-refractivity contribution >= 4 is 6.09 Å². The molecule has 13 heavy (non-hydrogen) atoms. The molecule has 0 aliphatic rings. The van der Waals surface area contributed by atoms with Gasteiger partial charge in [0.1, 0.15) is 11.6 Å². The summed E-state index contributed by atoms with van der Waals surface area (Å²) >= 11 is 0. The summed E-state index contributed by atoms with van der Waals surface area (Å²) in [6, 6.07) is 5.18. The molecule has 0 aliphatic carbocycles. The van der Waals surface area contributed by atoms with Gasteiger partial charge in [0.05, 0.1) is 6.61 Å². The minimum atomic E-state index is -0.473. The number of carbonyl (C=O) groups excluding carboxylic acids is 1. The number of nitrogens with zero attached hydrogens (tertiary/aromatic N) is 2. The van der Waals surface area contributed by atoms with Crippen LogP contribution < -0.4 is 4.57 Å². The molecule has 0 unspecified atom stereocenters. The smallest absolute Gasteiger partial charge is 0.412 e. The molecule has 0 aromatic carbocycles. The maximum atomic E-state index is 11.1. The third kappa shape index (κ3) is 2.27. The zero-order valence-corrected chi connectivity index (χ0v) is 7.23. The monoisotopic (exact) mass is 177 g/mol. The van der Waals surface area contributed by atoms with Crippen LogP contribution in [0.15, 0.2) is 24.5 Å². The van der Waals surface area contributed by atoms with Crippen molar-refractivity contribution in [2.24, 2.45) is 0 Å². The van der Waals surface area contributed by atoms with Gasteiger partial charge in [-0.25, -0.2) is 0 Å². The molecule has 0 saturated carbocycles. The summed E-state index contributed by atoms with van der Waals surface area (Å²) in [6.45, 7) is 2.05. The molecule has 4 heteroatoms. The van der Waals surface area contributed by atoms with E-state index in [0.29, 0.717) is 12.2 Å². The van der Waals surface area contributed by atoms with E-state index in [1.807, 2.05) is 6.07 Å². The molecule has 0 amide bonds. The van der Waals surface area contributed by atoms with Crippen LogP contribution in [0.2, 0.25) is 0 Å². The number of pyridine rings is 1. The molecule has 0 radical (unpaired) electrons. The number of aromatic nitrogens is 1. The highest BCUT2D eigenvalue weighted by atomic mass is 16.5. The first kappa shape index (κ1) is 9.20. The number of hydrogen-bond donors (Lipinski definition) is 0. The van der Waals surface area contributed by atoms with Crippen molar-refractivity contribution in [1.29, 1.82) is 5.26 Å². The van der Waals surface area contributed by atoms with Gasteiger partial charge < -0.3 is 4.74 Å². The number of ether oxygens (including phenoxy) is 1. The number of rotatable bonds is 1. The van der Waals surface area contributed by atoms with Crippen molar-refractivity contribution < 1.29 is 14.1 Å². The maximum absolute atomic E-state index is 11.1. The molecule has 1 rings (SSSR count). The quantitative estimate of drug-likeness (QED) is 0.597. The van der Waals surface area contributed by atoms with Crippen molar-refractivity contribution in [3.05, 3.63) is 30.1 Å². The fourth-order valence-corrected chi connectivity index (χ4v) is 0.853. The Balaban J connectivity index is 2.90. The molecule has 1 heterocycles. The van der Waals surface area contributed by atoms with Gasteiger partial charge in [-0.2, -0.15) is 10.1 Å². The van der Waals surface area contributed by atoms with Crippen LogP contribution in [0.3, 0.4) is 0 Å². The Morgan fingerprint density at radius 3 is 3.15 bits per heavy atom. The lowest BCUT2D eigenvalue weighted by molar-refractivity contribution is -0.586. The third-order valence-electron chi connectivity index (χ3n) is 1.41. The molecule has 0 saturated heterocycles. The highest BCUT2D eigenvalue weighted by Crippen LogP contribution is 1.90. The summed E-state index contributed by atoms with van der Waals surface area (Å²) in [5, 5.41) is 8.56. The second-order valence-corrected chi connectivity index (χ2v) is 2.31. The van der Waals surface area contributed by atoms with Crippen LogP contribution in [-0.4, -0.2) is 12.7 Å². The summed E-state index contributed by atoms with van der Waals surface area (Å²) in [4.78, 5) is 11.1. The van der Waals surface area contributed by atoms with Gasteiger partial charge >= 0.3 is 6.09 Å². The lowest BCUT2D eigenvalue weighted by atomic mass is 10.3. The van der Waals surface area contributed by atoms with Crippen LogP contribution in [-0.2, 0) is 4.74 Å². The van der Waals surface area contributed by atoms with E-state index in [-0.39, 0.29) is 0 Å². The number of hydrogen-bond acceptors (Lipinski definition) is 3. The first-order chi connectivity index (χ1) is 6.27. The fourth-order valence-electron chi connectivity index (χ4n) is 0.853. The third-order valence-corrected chi connectivity index (χ3v) is 1.41. The molecule has 0 aliphatic heterocycles. The Bertz CT molecular complexity index is 355. The lowest BCUT2D eigenvalue weighted by Gasteiger charge is -1.93. The summed E-state index contributed by atoms with van der Waals surface area (Å²) in [5.74, 6) is 0. The summed E-state index contributed by atoms with van der Waals surface area (Å²) in [5.41, 5.74) is 0.426. The van der Waals surface area contributed by atoms with E-state index < -0.39 is 6.09 Å². The molecule has 0 bridgehead atoms. The Morgan fingerprint density at radius 1 is 1.77 bits per heavy atom. The second-order valence-electron chi connectivity index (χ2n) is 2.31. The molecule has 1 aromatic heterocycles. The molecule has 1 aromatic rings. The van der Waals surface area contributed by atoms with Crippen molar-refractivity contribution in [2.75, 3.05) is 6.61 Å². The molecule has 0 spiro atoms. The van der Waals surface area contributed by atoms with Gasteiger partial charge in [-0.05, 0) is 13.0 Å². The molecule has 66 valence electrons. The molecular weight excluding hydrogens is 168 g/mol. The van der Waals surface area contributed by atoms with Crippen LogP contribution >= 0.6 is 0 Å². The van der Waals surface area contributed by atoms with Crippen LogP contribution in [0.25, 0.3) is 0 Å². The molecule has 0 fully saturated rings. The van der Waals surface area contributed by atoms with Gasteiger partial charge in [0.25, 0.3) is 0 Å². The minimum absolute atomic E-state index is 0.322. The topological polar surface area (TPSA) is 54.0 Å². The molecule has 0 N–H and O–H groups in total. The summed E-state index contributed by atoms with van der Waals surface area (Å²) < 4.78 is 5.98. The van der Waals surface area contributed by atoms with Gasteiger partial charge in [0.2, 0.25) is 0 Å². The summed E-state index contributed by atoms with van der Waals surface area (Å²) in [7, 11) is 0. The second kappa shape index (κ2) is 4.21. The van der Waals surface area contributed by atoms with E-state index in [0.717, 1.165) is 0 Å². The van der Waals surface area contributed by atoms with Gasteiger partial charge in [0.15, 0.2) is 12.4 Å². The first-order valence-corrected chi connectivity index (χ1v) is 3.86. The first-order valence-electron chi connectivity index (χ1n) is 3.86. The average molecular weight is 177 g/mol. The molecule has 0 atom stereocenters. The van der Waals surface area contributed by atoms with E-state index in [1.54, 1.807) is 25.3 Å². The lowest BCUT2D eigenvalue weighted by Crippen LogP contribution is -2.42. The van der Waals surface area contributed by atoms with Crippen molar-refractivity contribution in [1.82, 2.24) is 0 Å². The van der Waals surface area contributed by atoms with Gasteiger partial charge in [-0.1, -0.05) is 4.57 Å². The van der Waals surface area contributed by atoms with Crippen molar-refractivity contribution in [3.63, 3.8) is 0 Å². The zero-order valence-electron chi connectivity index (χ0n) is 7.23. The Kier molecular flexibility index (Phi) is 2.98. The number of carbonyl (C=O) groups is 1. The Hall–Kier alpha value is -1.89. The van der Waals surface area contributed by atoms with Crippen LogP contribution in [0.1, 0.15) is 12.5 Å². The Morgan fingerprint density at radius 2 is 2.54 bits per heavy atom. The molecule has 4 nitrogen and oxygen atoms in total. The average Bonchev–Trinajstić information content (AvgIpc) is 2.18. The van der Waals surface area contributed by atoms with Gasteiger partial charge in [-0.3, -0.25) is 0 Å². The van der Waals surface area contributed by atoms with Crippen molar-refractivity contribution in [2.45, 2.75) is 6.92 Å². The highest BCUT2D eigenvalue weighted by molar-refractivity contribution is 5.56. The minimum Gasteiger partial charge on any atom is -0.412 e.